The maximum absolute atomic E-state index is 13.7. The Morgan fingerprint density at radius 1 is 1.08 bits per heavy atom. The van der Waals surface area contributed by atoms with Gasteiger partial charge in [-0.05, 0) is 30.3 Å². The highest BCUT2D eigenvalue weighted by atomic mass is 19.1. The summed E-state index contributed by atoms with van der Waals surface area (Å²) in [6.45, 7) is 4.62. The van der Waals surface area contributed by atoms with Crippen LogP contribution in [-0.4, -0.2) is 51.1 Å². The molecule has 0 saturated carbocycles. The molecule has 0 amide bonds. The molecule has 2 aromatic heterocycles. The van der Waals surface area contributed by atoms with Crippen LogP contribution in [0.3, 0.4) is 0 Å². The van der Waals surface area contributed by atoms with Gasteiger partial charge in [0, 0.05) is 50.7 Å². The van der Waals surface area contributed by atoms with Crippen LogP contribution in [0.5, 0.6) is 0 Å². The molecule has 1 fully saturated rings. The zero-order valence-electron chi connectivity index (χ0n) is 13.8. The van der Waals surface area contributed by atoms with Crippen LogP contribution >= 0.6 is 0 Å². The van der Waals surface area contributed by atoms with Gasteiger partial charge in [0.1, 0.15) is 11.5 Å². The fourth-order valence-electron chi connectivity index (χ4n) is 3.09. The molecule has 1 aliphatic rings. The predicted molar refractivity (Wildman–Crippen MR) is 92.7 cm³/mol. The Balaban J connectivity index is 1.76. The number of rotatable bonds is 4. The normalized spacial score (nSPS) is 15.4. The van der Waals surface area contributed by atoms with E-state index < -0.39 is 0 Å². The van der Waals surface area contributed by atoms with Crippen molar-refractivity contribution in [2.45, 2.75) is 6.54 Å². The third kappa shape index (κ3) is 3.42. The van der Waals surface area contributed by atoms with E-state index in [2.05, 4.69) is 25.5 Å². The van der Waals surface area contributed by atoms with E-state index in [1.165, 1.54) is 12.1 Å². The van der Waals surface area contributed by atoms with Crippen LogP contribution < -0.4 is 5.32 Å². The van der Waals surface area contributed by atoms with Crippen LogP contribution in [0.25, 0.3) is 16.9 Å². The molecule has 1 N–H and O–H groups in total. The number of hydrogen-bond acceptors (Lipinski definition) is 5. The van der Waals surface area contributed by atoms with Gasteiger partial charge < -0.3 is 5.32 Å². The summed E-state index contributed by atoms with van der Waals surface area (Å²) in [6.07, 6.45) is 3.49. The van der Waals surface area contributed by atoms with E-state index in [-0.39, 0.29) is 5.82 Å². The van der Waals surface area contributed by atoms with Crippen LogP contribution in [0.15, 0.2) is 48.8 Å². The van der Waals surface area contributed by atoms with Crippen molar-refractivity contribution in [2.75, 3.05) is 26.2 Å². The van der Waals surface area contributed by atoms with Crippen molar-refractivity contribution in [2.24, 2.45) is 0 Å². The van der Waals surface area contributed by atoms with E-state index in [1.54, 1.807) is 23.1 Å². The fraction of sp³-hybridized carbons (Fsp3) is 0.278. The second-order valence-corrected chi connectivity index (χ2v) is 6.04. The van der Waals surface area contributed by atoms with Crippen LogP contribution in [0.2, 0.25) is 0 Å². The van der Waals surface area contributed by atoms with Crippen molar-refractivity contribution < 1.29 is 4.39 Å². The summed E-state index contributed by atoms with van der Waals surface area (Å²) < 4.78 is 15.4. The highest BCUT2D eigenvalue weighted by Crippen LogP contribution is 2.26. The zero-order chi connectivity index (χ0) is 17.1. The minimum atomic E-state index is -0.294. The lowest BCUT2D eigenvalue weighted by Gasteiger charge is -2.26. The molecule has 3 aromatic rings. The average Bonchev–Trinajstić information content (AvgIpc) is 3.07. The van der Waals surface area contributed by atoms with Crippen molar-refractivity contribution in [3.8, 4) is 16.9 Å². The van der Waals surface area contributed by atoms with Gasteiger partial charge in [-0.25, -0.2) is 9.07 Å². The summed E-state index contributed by atoms with van der Waals surface area (Å²) in [4.78, 5) is 6.44. The second-order valence-electron chi connectivity index (χ2n) is 6.04. The van der Waals surface area contributed by atoms with Gasteiger partial charge in [-0.1, -0.05) is 11.3 Å². The molecule has 0 radical (unpaired) electrons. The monoisotopic (exact) mass is 338 g/mol. The first-order valence-electron chi connectivity index (χ1n) is 8.35. The van der Waals surface area contributed by atoms with Crippen molar-refractivity contribution in [1.29, 1.82) is 0 Å². The smallest absolute Gasteiger partial charge is 0.125 e. The Hall–Kier alpha value is -2.64. The molecule has 25 heavy (non-hydrogen) atoms. The summed E-state index contributed by atoms with van der Waals surface area (Å²) >= 11 is 0. The molecule has 1 aromatic carbocycles. The molecular formula is C18H19FN6. The summed E-state index contributed by atoms with van der Waals surface area (Å²) in [5.74, 6) is -0.294. The highest BCUT2D eigenvalue weighted by Gasteiger charge is 2.20. The number of aromatic nitrogens is 4. The standard InChI is InChI=1S/C18H19FN6/c19-15-2-1-3-16(12-15)25-18(14-4-6-20-7-5-14)17(22-23-25)13-24-10-8-21-9-11-24/h1-7,12,21H,8-11,13H2. The number of nitrogens with zero attached hydrogens (tertiary/aromatic N) is 5. The Morgan fingerprint density at radius 2 is 1.88 bits per heavy atom. The third-order valence-corrected chi connectivity index (χ3v) is 4.33. The largest absolute Gasteiger partial charge is 0.314 e. The number of pyridine rings is 1. The lowest BCUT2D eigenvalue weighted by Crippen LogP contribution is -2.43. The third-order valence-electron chi connectivity index (χ3n) is 4.33. The van der Waals surface area contributed by atoms with Crippen molar-refractivity contribution >= 4 is 0 Å². The van der Waals surface area contributed by atoms with Gasteiger partial charge in [-0.3, -0.25) is 9.88 Å². The Bertz CT molecular complexity index is 842. The topological polar surface area (TPSA) is 58.9 Å². The number of halogens is 1. The predicted octanol–water partition coefficient (Wildman–Crippen LogP) is 1.87. The molecule has 128 valence electrons. The van der Waals surface area contributed by atoms with Crippen molar-refractivity contribution in [1.82, 2.24) is 30.2 Å². The first kappa shape index (κ1) is 15.9. The summed E-state index contributed by atoms with van der Waals surface area (Å²) in [5, 5.41) is 12.1. The quantitative estimate of drug-likeness (QED) is 0.787. The molecule has 1 aliphatic heterocycles. The molecule has 0 spiro atoms. The highest BCUT2D eigenvalue weighted by molar-refractivity contribution is 5.63. The minimum Gasteiger partial charge on any atom is -0.314 e. The lowest BCUT2D eigenvalue weighted by molar-refractivity contribution is 0.231. The first-order valence-corrected chi connectivity index (χ1v) is 8.35. The number of nitrogens with one attached hydrogen (secondary N) is 1. The Morgan fingerprint density at radius 3 is 2.64 bits per heavy atom. The molecule has 6 nitrogen and oxygen atoms in total. The van der Waals surface area contributed by atoms with Gasteiger partial charge in [0.2, 0.25) is 0 Å². The number of benzene rings is 1. The van der Waals surface area contributed by atoms with Crippen LogP contribution in [0, 0.1) is 5.82 Å². The van der Waals surface area contributed by atoms with E-state index in [1.807, 2.05) is 18.2 Å². The molecular weight excluding hydrogens is 319 g/mol. The van der Waals surface area contributed by atoms with Crippen molar-refractivity contribution in [3.63, 3.8) is 0 Å². The number of piperazine rings is 1. The summed E-state index contributed by atoms with van der Waals surface area (Å²) in [6, 6.07) is 10.3. The van der Waals surface area contributed by atoms with Gasteiger partial charge >= 0.3 is 0 Å². The van der Waals surface area contributed by atoms with Gasteiger partial charge in [-0.15, -0.1) is 5.10 Å². The van der Waals surface area contributed by atoms with Gasteiger partial charge in [-0.2, -0.15) is 0 Å². The van der Waals surface area contributed by atoms with E-state index in [9.17, 15) is 4.39 Å². The van der Waals surface area contributed by atoms with E-state index >= 15 is 0 Å². The minimum absolute atomic E-state index is 0.294. The van der Waals surface area contributed by atoms with Gasteiger partial charge in [0.25, 0.3) is 0 Å². The fourth-order valence-corrected chi connectivity index (χ4v) is 3.09. The second kappa shape index (κ2) is 7.08. The van der Waals surface area contributed by atoms with Crippen LogP contribution in [0.4, 0.5) is 4.39 Å². The van der Waals surface area contributed by atoms with Gasteiger partial charge in [0.05, 0.1) is 11.4 Å². The summed E-state index contributed by atoms with van der Waals surface area (Å²) in [7, 11) is 0. The zero-order valence-corrected chi connectivity index (χ0v) is 13.8. The van der Waals surface area contributed by atoms with E-state index in [4.69, 9.17) is 0 Å². The first-order chi connectivity index (χ1) is 12.3. The molecule has 0 atom stereocenters. The van der Waals surface area contributed by atoms with Crippen molar-refractivity contribution in [3.05, 3.63) is 60.3 Å². The molecule has 7 heteroatoms. The van der Waals surface area contributed by atoms with Crippen LogP contribution in [0.1, 0.15) is 5.69 Å². The Kier molecular flexibility index (Phi) is 4.49. The molecule has 3 heterocycles. The molecule has 0 unspecified atom stereocenters. The van der Waals surface area contributed by atoms with E-state index in [0.29, 0.717) is 12.2 Å². The number of hydrogen-bond donors (Lipinski definition) is 1. The van der Waals surface area contributed by atoms with Gasteiger partial charge in [0.15, 0.2) is 0 Å². The molecule has 0 aliphatic carbocycles. The van der Waals surface area contributed by atoms with Crippen LogP contribution in [-0.2, 0) is 6.54 Å². The SMILES string of the molecule is Fc1cccc(-n2nnc(CN3CCNCC3)c2-c2ccncc2)c1. The average molecular weight is 338 g/mol. The molecule has 1 saturated heterocycles. The Labute approximate surface area is 145 Å². The maximum atomic E-state index is 13.7. The molecule has 4 rings (SSSR count). The lowest BCUT2D eigenvalue weighted by atomic mass is 10.1. The summed E-state index contributed by atoms with van der Waals surface area (Å²) in [5.41, 5.74) is 3.39. The maximum Gasteiger partial charge on any atom is 0.125 e. The van der Waals surface area contributed by atoms with E-state index in [0.717, 1.165) is 43.1 Å². The molecule has 0 bridgehead atoms.